The van der Waals surface area contributed by atoms with Crippen LogP contribution in [0.2, 0.25) is 0 Å². The summed E-state index contributed by atoms with van der Waals surface area (Å²) in [6.07, 6.45) is 4.44. The van der Waals surface area contributed by atoms with Crippen molar-refractivity contribution in [1.29, 1.82) is 0 Å². The van der Waals surface area contributed by atoms with E-state index in [1.807, 2.05) is 41.3 Å². The Hall–Kier alpha value is -2.82. The van der Waals surface area contributed by atoms with Crippen molar-refractivity contribution in [2.75, 3.05) is 23.3 Å². The first kappa shape index (κ1) is 20.5. The average molecular weight is 406 g/mol. The Labute approximate surface area is 179 Å². The molecule has 0 aliphatic carbocycles. The van der Waals surface area contributed by atoms with Gasteiger partial charge in [0, 0.05) is 24.3 Å². The zero-order valence-electron chi connectivity index (χ0n) is 18.1. The lowest BCUT2D eigenvalue weighted by molar-refractivity contribution is 0.0656. The molecule has 30 heavy (non-hydrogen) atoms. The molecule has 1 atom stereocenters. The molecule has 2 aromatic carbocycles. The smallest absolute Gasteiger partial charge is 0.257 e. The molecule has 1 N–H and O–H groups in total. The molecule has 0 radical (unpaired) electrons. The quantitative estimate of drug-likeness (QED) is 0.756. The summed E-state index contributed by atoms with van der Waals surface area (Å²) in [5.41, 5.74) is 4.18. The second-order valence-electron chi connectivity index (χ2n) is 8.58. The van der Waals surface area contributed by atoms with Crippen molar-refractivity contribution >= 4 is 23.2 Å². The summed E-state index contributed by atoms with van der Waals surface area (Å²) >= 11 is 0. The minimum absolute atomic E-state index is 0.0952. The van der Waals surface area contributed by atoms with E-state index in [9.17, 15) is 9.59 Å². The molecule has 5 heteroatoms. The van der Waals surface area contributed by atoms with Crippen LogP contribution in [0.25, 0.3) is 0 Å². The lowest BCUT2D eigenvalue weighted by Crippen LogP contribution is -2.55. The molecule has 2 amide bonds. The van der Waals surface area contributed by atoms with E-state index in [4.69, 9.17) is 0 Å². The summed E-state index contributed by atoms with van der Waals surface area (Å²) in [5, 5.41) is 2.99. The van der Waals surface area contributed by atoms with Crippen molar-refractivity contribution in [2.45, 2.75) is 58.5 Å². The van der Waals surface area contributed by atoms with E-state index in [1.54, 1.807) is 6.07 Å². The fourth-order valence-corrected chi connectivity index (χ4v) is 4.59. The molecule has 0 saturated carbocycles. The number of rotatable bonds is 4. The van der Waals surface area contributed by atoms with Crippen LogP contribution in [0, 0.1) is 0 Å². The number of nitrogens with one attached hydrogen (secondary N) is 1. The van der Waals surface area contributed by atoms with Gasteiger partial charge in [0.25, 0.3) is 11.8 Å². The second-order valence-corrected chi connectivity index (χ2v) is 8.58. The third kappa shape index (κ3) is 3.81. The number of carbonyl (C=O) groups excluding carboxylic acids is 2. The number of amides is 2. The Morgan fingerprint density at radius 3 is 2.57 bits per heavy atom. The largest absolute Gasteiger partial charge is 0.351 e. The van der Waals surface area contributed by atoms with Crippen LogP contribution in [0.4, 0.5) is 11.4 Å². The minimum Gasteiger partial charge on any atom is -0.351 e. The monoisotopic (exact) mass is 405 g/mol. The maximum atomic E-state index is 13.1. The number of hydrogen-bond donors (Lipinski definition) is 1. The van der Waals surface area contributed by atoms with Gasteiger partial charge in [-0.25, -0.2) is 0 Å². The van der Waals surface area contributed by atoms with Crippen LogP contribution in [0.15, 0.2) is 42.5 Å². The predicted octanol–water partition coefficient (Wildman–Crippen LogP) is 5.24. The van der Waals surface area contributed by atoms with Gasteiger partial charge < -0.3 is 15.1 Å². The van der Waals surface area contributed by atoms with Gasteiger partial charge in [0.15, 0.2) is 0 Å². The molecule has 2 heterocycles. The Bertz CT molecular complexity index is 936. The Morgan fingerprint density at radius 1 is 1.10 bits per heavy atom. The van der Waals surface area contributed by atoms with Gasteiger partial charge in [-0.2, -0.15) is 0 Å². The number of benzene rings is 2. The summed E-state index contributed by atoms with van der Waals surface area (Å²) in [5.74, 6) is 0.399. The standard InChI is InChI=1S/C25H31N3O2/c1-4-27-22-16-19(24(29)26-20-12-9-18(10-13-20)17(2)3)11-14-21(22)25(30)28-15-7-5-6-8-23(27)28/h9-14,16-17,23H,4-8,15H2,1-3H3,(H,26,29)/t23-/m0/s1. The zero-order chi connectivity index (χ0) is 21.3. The lowest BCUT2D eigenvalue weighted by atomic mass is 10.0. The highest BCUT2D eigenvalue weighted by molar-refractivity contribution is 6.08. The van der Waals surface area contributed by atoms with Crippen LogP contribution >= 0.6 is 0 Å². The molecule has 1 saturated heterocycles. The number of carbonyl (C=O) groups is 2. The van der Waals surface area contributed by atoms with Crippen molar-refractivity contribution in [3.8, 4) is 0 Å². The first-order valence-electron chi connectivity index (χ1n) is 11.1. The maximum Gasteiger partial charge on any atom is 0.257 e. The molecule has 158 valence electrons. The van der Waals surface area contributed by atoms with Gasteiger partial charge >= 0.3 is 0 Å². The normalized spacial score (nSPS) is 18.7. The zero-order valence-corrected chi connectivity index (χ0v) is 18.1. The fraction of sp³-hybridized carbons (Fsp3) is 0.440. The van der Waals surface area contributed by atoms with Crippen LogP contribution in [-0.2, 0) is 0 Å². The predicted molar refractivity (Wildman–Crippen MR) is 121 cm³/mol. The Kier molecular flexibility index (Phi) is 5.80. The van der Waals surface area contributed by atoms with Crippen molar-refractivity contribution in [2.24, 2.45) is 0 Å². The van der Waals surface area contributed by atoms with E-state index in [1.165, 1.54) is 5.56 Å². The van der Waals surface area contributed by atoms with Gasteiger partial charge in [-0.1, -0.05) is 32.4 Å². The SMILES string of the molecule is CCN1c2cc(C(=O)Nc3ccc(C(C)C)cc3)ccc2C(=O)N2CCCCC[C@H]21. The first-order chi connectivity index (χ1) is 14.5. The van der Waals surface area contributed by atoms with Crippen LogP contribution in [-0.4, -0.2) is 36.0 Å². The van der Waals surface area contributed by atoms with Crippen molar-refractivity contribution < 1.29 is 9.59 Å². The Balaban J connectivity index is 1.60. The van der Waals surface area contributed by atoms with Crippen LogP contribution in [0.3, 0.4) is 0 Å². The van der Waals surface area contributed by atoms with E-state index >= 15 is 0 Å². The van der Waals surface area contributed by atoms with Crippen LogP contribution < -0.4 is 10.2 Å². The van der Waals surface area contributed by atoms with Crippen LogP contribution in [0.1, 0.15) is 78.7 Å². The molecule has 2 aliphatic heterocycles. The number of hydrogen-bond acceptors (Lipinski definition) is 3. The lowest BCUT2D eigenvalue weighted by Gasteiger charge is -2.44. The third-order valence-corrected chi connectivity index (χ3v) is 6.32. The van der Waals surface area contributed by atoms with Gasteiger partial charge in [-0.15, -0.1) is 0 Å². The summed E-state index contributed by atoms with van der Waals surface area (Å²) in [7, 11) is 0. The van der Waals surface area contributed by atoms with Gasteiger partial charge in [-0.05, 0) is 68.0 Å². The van der Waals surface area contributed by atoms with Gasteiger partial charge in [-0.3, -0.25) is 9.59 Å². The summed E-state index contributed by atoms with van der Waals surface area (Å²) < 4.78 is 0. The topological polar surface area (TPSA) is 52.7 Å². The van der Waals surface area contributed by atoms with Crippen molar-refractivity contribution in [3.63, 3.8) is 0 Å². The molecule has 2 aliphatic rings. The maximum absolute atomic E-state index is 13.1. The molecular formula is C25H31N3O2. The highest BCUT2D eigenvalue weighted by Crippen LogP contribution is 2.35. The number of nitrogens with zero attached hydrogens (tertiary/aromatic N) is 2. The highest BCUT2D eigenvalue weighted by Gasteiger charge is 2.37. The van der Waals surface area contributed by atoms with E-state index in [2.05, 4.69) is 31.0 Å². The molecule has 4 rings (SSSR count). The first-order valence-corrected chi connectivity index (χ1v) is 11.1. The molecule has 1 fully saturated rings. The van der Waals surface area contributed by atoms with E-state index in [-0.39, 0.29) is 18.0 Å². The summed E-state index contributed by atoms with van der Waals surface area (Å²) in [6, 6.07) is 13.4. The fourth-order valence-electron chi connectivity index (χ4n) is 4.59. The molecule has 0 spiro atoms. The molecule has 0 bridgehead atoms. The molecule has 0 aromatic heterocycles. The average Bonchev–Trinajstić information content (AvgIpc) is 3.00. The van der Waals surface area contributed by atoms with Gasteiger partial charge in [0.05, 0.1) is 11.3 Å². The second kappa shape index (κ2) is 8.50. The van der Waals surface area contributed by atoms with Crippen LogP contribution in [0.5, 0.6) is 0 Å². The summed E-state index contributed by atoms with van der Waals surface area (Å²) in [4.78, 5) is 30.3. The van der Waals surface area contributed by atoms with Gasteiger partial charge in [0.1, 0.15) is 6.17 Å². The molecule has 5 nitrogen and oxygen atoms in total. The third-order valence-electron chi connectivity index (χ3n) is 6.32. The minimum atomic E-state index is -0.151. The van der Waals surface area contributed by atoms with Crippen molar-refractivity contribution in [1.82, 2.24) is 4.90 Å². The van der Waals surface area contributed by atoms with E-state index < -0.39 is 0 Å². The molecule has 0 unspecified atom stereocenters. The summed E-state index contributed by atoms with van der Waals surface area (Å²) in [6.45, 7) is 8.04. The van der Waals surface area contributed by atoms with E-state index in [0.29, 0.717) is 17.0 Å². The Morgan fingerprint density at radius 2 is 1.87 bits per heavy atom. The molecular weight excluding hydrogens is 374 g/mol. The van der Waals surface area contributed by atoms with Crippen molar-refractivity contribution in [3.05, 3.63) is 59.2 Å². The highest BCUT2D eigenvalue weighted by atomic mass is 16.2. The van der Waals surface area contributed by atoms with Gasteiger partial charge in [0.2, 0.25) is 0 Å². The van der Waals surface area contributed by atoms with E-state index in [0.717, 1.165) is 50.1 Å². The number of fused-ring (bicyclic) bond motifs is 2. The molecule has 2 aromatic rings. The number of anilines is 2.